The van der Waals surface area contributed by atoms with Crippen molar-refractivity contribution in [1.29, 1.82) is 0 Å². The summed E-state index contributed by atoms with van der Waals surface area (Å²) >= 11 is 0. The third-order valence-corrected chi connectivity index (χ3v) is 3.92. The lowest BCUT2D eigenvalue weighted by molar-refractivity contribution is -0.133. The highest BCUT2D eigenvalue weighted by Crippen LogP contribution is 2.35. The molecule has 3 atom stereocenters. The molecule has 0 aliphatic heterocycles. The minimum Gasteiger partial charge on any atom is -0.497 e. The van der Waals surface area contributed by atoms with Crippen molar-refractivity contribution in [2.75, 3.05) is 14.2 Å². The van der Waals surface area contributed by atoms with Gasteiger partial charge < -0.3 is 14.6 Å². The molecule has 0 amide bonds. The molecule has 0 saturated heterocycles. The Labute approximate surface area is 119 Å². The Morgan fingerprint density at radius 3 is 2.35 bits per heavy atom. The smallest absolute Gasteiger partial charge is 0.229 e. The summed E-state index contributed by atoms with van der Waals surface area (Å²) in [6, 6.07) is 9.83. The number of rotatable bonds is 4. The topological polar surface area (TPSA) is 55.8 Å². The predicted octanol–water partition coefficient (Wildman–Crippen LogP) is 1.93. The molecule has 1 N–H and O–H groups in total. The molecule has 1 aliphatic carbocycles. The maximum atomic E-state index is 12.2. The lowest BCUT2D eigenvalue weighted by Crippen LogP contribution is -2.42. The van der Waals surface area contributed by atoms with Crippen LogP contribution in [-0.4, -0.2) is 31.2 Å². The SMILES string of the molecule is COC1=C(OC)C(C)C(Cc2ccccc2)C(O)C1=O. The lowest BCUT2D eigenvalue weighted by Gasteiger charge is -2.34. The molecule has 0 bridgehead atoms. The molecule has 1 aliphatic rings. The summed E-state index contributed by atoms with van der Waals surface area (Å²) in [5.74, 6) is -0.0365. The molecule has 3 unspecified atom stereocenters. The standard InChI is InChI=1S/C16H20O4/c1-10-12(9-11-7-5-4-6-8-11)13(17)14(18)16(20-3)15(10)19-2/h4-8,10,12-13,17H,9H2,1-3H3. The van der Waals surface area contributed by atoms with Gasteiger partial charge in [0.05, 0.1) is 14.2 Å². The Morgan fingerprint density at radius 1 is 1.15 bits per heavy atom. The van der Waals surface area contributed by atoms with Crippen LogP contribution in [0, 0.1) is 11.8 Å². The van der Waals surface area contributed by atoms with Crippen LogP contribution >= 0.6 is 0 Å². The number of hydrogen-bond donors (Lipinski definition) is 1. The lowest BCUT2D eigenvalue weighted by atomic mass is 9.76. The second-order valence-electron chi connectivity index (χ2n) is 5.05. The molecular weight excluding hydrogens is 256 g/mol. The zero-order valence-corrected chi connectivity index (χ0v) is 12.0. The van der Waals surface area contributed by atoms with Crippen molar-refractivity contribution < 1.29 is 19.4 Å². The minimum atomic E-state index is -1.06. The van der Waals surface area contributed by atoms with E-state index < -0.39 is 11.9 Å². The average molecular weight is 276 g/mol. The Hall–Kier alpha value is -1.81. The second-order valence-corrected chi connectivity index (χ2v) is 5.05. The first-order valence-corrected chi connectivity index (χ1v) is 6.68. The van der Waals surface area contributed by atoms with Gasteiger partial charge in [-0.25, -0.2) is 0 Å². The van der Waals surface area contributed by atoms with Gasteiger partial charge in [-0.2, -0.15) is 0 Å². The number of carbonyl (C=O) groups excluding carboxylic acids is 1. The van der Waals surface area contributed by atoms with Crippen molar-refractivity contribution in [2.24, 2.45) is 11.8 Å². The van der Waals surface area contributed by atoms with E-state index in [9.17, 15) is 9.90 Å². The van der Waals surface area contributed by atoms with Crippen LogP contribution in [0.1, 0.15) is 12.5 Å². The maximum absolute atomic E-state index is 12.2. The molecule has 20 heavy (non-hydrogen) atoms. The molecule has 0 spiro atoms. The normalized spacial score (nSPS) is 26.6. The Balaban J connectivity index is 2.31. The summed E-state index contributed by atoms with van der Waals surface area (Å²) < 4.78 is 10.4. The van der Waals surface area contributed by atoms with Crippen LogP contribution < -0.4 is 0 Å². The fourth-order valence-corrected chi connectivity index (χ4v) is 2.78. The van der Waals surface area contributed by atoms with E-state index in [1.165, 1.54) is 14.2 Å². The van der Waals surface area contributed by atoms with Crippen LogP contribution in [0.2, 0.25) is 0 Å². The highest BCUT2D eigenvalue weighted by Gasteiger charge is 2.42. The largest absolute Gasteiger partial charge is 0.497 e. The fourth-order valence-electron chi connectivity index (χ4n) is 2.78. The molecule has 0 radical (unpaired) electrons. The Bertz CT molecular complexity index is 506. The van der Waals surface area contributed by atoms with Gasteiger partial charge in [-0.05, 0) is 12.0 Å². The maximum Gasteiger partial charge on any atom is 0.229 e. The third-order valence-electron chi connectivity index (χ3n) is 3.92. The molecule has 0 fully saturated rings. The van der Waals surface area contributed by atoms with E-state index >= 15 is 0 Å². The van der Waals surface area contributed by atoms with Crippen molar-refractivity contribution in [1.82, 2.24) is 0 Å². The monoisotopic (exact) mass is 276 g/mol. The number of ketones is 1. The van der Waals surface area contributed by atoms with E-state index in [1.54, 1.807) is 0 Å². The molecule has 0 heterocycles. The van der Waals surface area contributed by atoms with Crippen molar-refractivity contribution in [3.8, 4) is 0 Å². The van der Waals surface area contributed by atoms with Gasteiger partial charge >= 0.3 is 0 Å². The second kappa shape index (κ2) is 6.09. The van der Waals surface area contributed by atoms with Gasteiger partial charge in [-0.3, -0.25) is 4.79 Å². The van der Waals surface area contributed by atoms with Crippen LogP contribution in [0.5, 0.6) is 0 Å². The molecule has 0 aromatic heterocycles. The number of allylic oxidation sites excluding steroid dienone is 1. The van der Waals surface area contributed by atoms with E-state index in [-0.39, 0.29) is 17.6 Å². The number of hydrogen-bond acceptors (Lipinski definition) is 4. The quantitative estimate of drug-likeness (QED) is 0.913. The summed E-state index contributed by atoms with van der Waals surface area (Å²) in [6.07, 6.45) is -0.433. The summed E-state index contributed by atoms with van der Waals surface area (Å²) in [4.78, 5) is 12.2. The molecular formula is C16H20O4. The summed E-state index contributed by atoms with van der Waals surface area (Å²) in [5, 5.41) is 10.3. The third kappa shape index (κ3) is 2.56. The first-order chi connectivity index (χ1) is 9.60. The first-order valence-electron chi connectivity index (χ1n) is 6.68. The van der Waals surface area contributed by atoms with Crippen molar-refractivity contribution in [3.05, 3.63) is 47.4 Å². The van der Waals surface area contributed by atoms with Crippen LogP contribution in [0.4, 0.5) is 0 Å². The van der Waals surface area contributed by atoms with E-state index in [0.29, 0.717) is 12.2 Å². The number of aliphatic hydroxyl groups excluding tert-OH is 1. The van der Waals surface area contributed by atoms with Crippen molar-refractivity contribution in [3.63, 3.8) is 0 Å². The van der Waals surface area contributed by atoms with Gasteiger partial charge in [-0.15, -0.1) is 0 Å². The van der Waals surface area contributed by atoms with Crippen LogP contribution in [0.15, 0.2) is 41.9 Å². The van der Waals surface area contributed by atoms with Gasteiger partial charge in [0.1, 0.15) is 11.9 Å². The zero-order chi connectivity index (χ0) is 14.7. The number of carbonyl (C=O) groups is 1. The van der Waals surface area contributed by atoms with Gasteiger partial charge in [-0.1, -0.05) is 37.3 Å². The fraction of sp³-hybridized carbons (Fsp3) is 0.438. The van der Waals surface area contributed by atoms with Gasteiger partial charge in [0.25, 0.3) is 0 Å². The molecule has 4 nitrogen and oxygen atoms in total. The molecule has 0 saturated carbocycles. The molecule has 4 heteroatoms. The number of Topliss-reactive ketones (excluding diaryl/α,β-unsaturated/α-hetero) is 1. The van der Waals surface area contributed by atoms with E-state index in [2.05, 4.69) is 0 Å². The minimum absolute atomic E-state index is 0.0807. The van der Waals surface area contributed by atoms with E-state index in [1.807, 2.05) is 37.3 Å². The van der Waals surface area contributed by atoms with Crippen molar-refractivity contribution in [2.45, 2.75) is 19.4 Å². The Morgan fingerprint density at radius 2 is 1.80 bits per heavy atom. The molecule has 1 aromatic carbocycles. The van der Waals surface area contributed by atoms with Gasteiger partial charge in [0.15, 0.2) is 0 Å². The number of ether oxygens (including phenoxy) is 2. The summed E-state index contributed by atoms with van der Waals surface area (Å²) in [5.41, 5.74) is 1.09. The van der Waals surface area contributed by atoms with Crippen molar-refractivity contribution >= 4 is 5.78 Å². The number of benzene rings is 1. The summed E-state index contributed by atoms with van der Waals surface area (Å²) in [6.45, 7) is 1.95. The van der Waals surface area contributed by atoms with Crippen LogP contribution in [0.3, 0.4) is 0 Å². The van der Waals surface area contributed by atoms with E-state index in [4.69, 9.17) is 9.47 Å². The molecule has 2 rings (SSSR count). The van der Waals surface area contributed by atoms with Gasteiger partial charge in [0.2, 0.25) is 11.5 Å². The average Bonchev–Trinajstić information content (AvgIpc) is 2.48. The van der Waals surface area contributed by atoms with Crippen LogP contribution in [-0.2, 0) is 20.7 Å². The summed E-state index contributed by atoms with van der Waals surface area (Å²) in [7, 11) is 2.94. The zero-order valence-electron chi connectivity index (χ0n) is 12.0. The number of methoxy groups -OCH3 is 2. The van der Waals surface area contributed by atoms with E-state index in [0.717, 1.165) is 5.56 Å². The highest BCUT2D eigenvalue weighted by atomic mass is 16.5. The molecule has 1 aromatic rings. The van der Waals surface area contributed by atoms with Gasteiger partial charge in [0, 0.05) is 11.8 Å². The van der Waals surface area contributed by atoms with Crippen LogP contribution in [0.25, 0.3) is 0 Å². The Kier molecular flexibility index (Phi) is 4.45. The predicted molar refractivity (Wildman–Crippen MR) is 74.9 cm³/mol. The highest BCUT2D eigenvalue weighted by molar-refractivity contribution is 5.98. The molecule has 108 valence electrons. The number of aliphatic hydroxyl groups is 1. The first kappa shape index (κ1) is 14.6.